The van der Waals surface area contributed by atoms with Crippen molar-refractivity contribution in [1.82, 2.24) is 14.4 Å². The van der Waals surface area contributed by atoms with Crippen LogP contribution in [0.1, 0.15) is 23.9 Å². The van der Waals surface area contributed by atoms with E-state index in [1.54, 1.807) is 18.3 Å². The highest BCUT2D eigenvalue weighted by molar-refractivity contribution is 6.11. The molecule has 23 heavy (non-hydrogen) atoms. The summed E-state index contributed by atoms with van der Waals surface area (Å²) in [5.74, 6) is 0.518. The Balaban J connectivity index is 1.81. The summed E-state index contributed by atoms with van der Waals surface area (Å²) in [6.45, 7) is 2.39. The number of halogens is 1. The fourth-order valence-corrected chi connectivity index (χ4v) is 2.67. The summed E-state index contributed by atoms with van der Waals surface area (Å²) in [4.78, 5) is 17.7. The fraction of sp³-hybridized carbons (Fsp3) is 0.176. The molecule has 2 aromatic heterocycles. The number of aromatic nitrogens is 3. The summed E-state index contributed by atoms with van der Waals surface area (Å²) >= 11 is 0. The fourth-order valence-electron chi connectivity index (χ4n) is 2.67. The molecule has 1 aromatic carbocycles. The molecule has 1 aliphatic heterocycles. The zero-order chi connectivity index (χ0) is 15.8. The highest BCUT2D eigenvalue weighted by atomic mass is 19.1. The van der Waals surface area contributed by atoms with E-state index in [1.165, 1.54) is 6.07 Å². The summed E-state index contributed by atoms with van der Waals surface area (Å²) in [5, 5.41) is 0. The van der Waals surface area contributed by atoms with Gasteiger partial charge in [-0.2, -0.15) is 0 Å². The average Bonchev–Trinajstić information content (AvgIpc) is 3.18. The van der Waals surface area contributed by atoms with Crippen molar-refractivity contribution in [3.63, 3.8) is 0 Å². The normalized spacial score (nSPS) is 14.2. The van der Waals surface area contributed by atoms with Crippen LogP contribution < -0.4 is 0 Å². The van der Waals surface area contributed by atoms with Gasteiger partial charge in [-0.1, -0.05) is 18.2 Å². The first kappa shape index (κ1) is 13.8. The third-order valence-electron chi connectivity index (χ3n) is 3.81. The Morgan fingerprint density at radius 2 is 2.13 bits per heavy atom. The molecule has 5 nitrogen and oxygen atoms in total. The predicted molar refractivity (Wildman–Crippen MR) is 86.7 cm³/mol. The molecule has 0 saturated heterocycles. The molecule has 0 spiro atoms. The van der Waals surface area contributed by atoms with E-state index < -0.39 is 0 Å². The third-order valence-corrected chi connectivity index (χ3v) is 3.81. The van der Waals surface area contributed by atoms with E-state index in [0.29, 0.717) is 18.5 Å². The van der Waals surface area contributed by atoms with Crippen LogP contribution in [0.3, 0.4) is 0 Å². The maximum atomic E-state index is 14.0. The van der Waals surface area contributed by atoms with Gasteiger partial charge in [0.25, 0.3) is 0 Å². The molecule has 0 radical (unpaired) electrons. The van der Waals surface area contributed by atoms with Gasteiger partial charge in [-0.3, -0.25) is 4.99 Å². The first-order chi connectivity index (χ1) is 11.2. The lowest BCUT2D eigenvalue weighted by molar-refractivity contribution is 0.613. The molecule has 0 atom stereocenters. The lowest BCUT2D eigenvalue weighted by Gasteiger charge is -2.08. The van der Waals surface area contributed by atoms with Crippen molar-refractivity contribution in [2.75, 3.05) is 6.54 Å². The van der Waals surface area contributed by atoms with Gasteiger partial charge in [-0.25, -0.2) is 19.4 Å². The van der Waals surface area contributed by atoms with Crippen molar-refractivity contribution in [2.24, 2.45) is 9.98 Å². The molecule has 4 rings (SSSR count). The molecule has 6 heteroatoms. The van der Waals surface area contributed by atoms with E-state index in [9.17, 15) is 4.39 Å². The molecular formula is C17H14FN5. The van der Waals surface area contributed by atoms with Gasteiger partial charge < -0.3 is 4.40 Å². The molecule has 0 saturated carbocycles. The van der Waals surface area contributed by atoms with E-state index in [-0.39, 0.29) is 5.82 Å². The van der Waals surface area contributed by atoms with Gasteiger partial charge in [0.2, 0.25) is 0 Å². The molecule has 3 heterocycles. The number of hydrogen-bond acceptors (Lipinski definition) is 4. The minimum Gasteiger partial charge on any atom is -0.303 e. The van der Waals surface area contributed by atoms with Gasteiger partial charge in [0.05, 0.1) is 18.0 Å². The molecule has 0 bridgehead atoms. The monoisotopic (exact) mass is 307 g/mol. The van der Waals surface area contributed by atoms with E-state index in [4.69, 9.17) is 0 Å². The minimum absolute atomic E-state index is 0.234. The van der Waals surface area contributed by atoms with Crippen LogP contribution in [0, 0.1) is 5.82 Å². The molecule has 1 aliphatic rings. The summed E-state index contributed by atoms with van der Waals surface area (Å²) in [6.07, 6.45) is 5.84. The van der Waals surface area contributed by atoms with Crippen molar-refractivity contribution in [3.05, 3.63) is 65.6 Å². The average molecular weight is 307 g/mol. The van der Waals surface area contributed by atoms with Gasteiger partial charge in [0.1, 0.15) is 17.3 Å². The SMILES string of the molecule is CC1=NCC(c2cn3ccnc3c(Cc3ccccc3F)n2)=N1. The quantitative estimate of drug-likeness (QED) is 0.747. The Morgan fingerprint density at radius 3 is 2.91 bits per heavy atom. The van der Waals surface area contributed by atoms with Crippen LogP contribution in [0.25, 0.3) is 5.65 Å². The highest BCUT2D eigenvalue weighted by Gasteiger charge is 2.16. The second kappa shape index (κ2) is 5.39. The largest absolute Gasteiger partial charge is 0.303 e. The first-order valence-electron chi connectivity index (χ1n) is 7.36. The number of nitrogens with zero attached hydrogens (tertiary/aromatic N) is 5. The molecule has 0 fully saturated rings. The predicted octanol–water partition coefficient (Wildman–Crippen LogP) is 2.68. The summed E-state index contributed by atoms with van der Waals surface area (Å²) in [7, 11) is 0. The summed E-state index contributed by atoms with van der Waals surface area (Å²) in [5.41, 5.74) is 3.64. The van der Waals surface area contributed by atoms with E-state index >= 15 is 0 Å². The van der Waals surface area contributed by atoms with Gasteiger partial charge in [0, 0.05) is 25.0 Å². The first-order valence-corrected chi connectivity index (χ1v) is 7.36. The van der Waals surface area contributed by atoms with Crippen LogP contribution in [-0.2, 0) is 6.42 Å². The standard InChI is InChI=1S/C17H14FN5/c1-11-20-9-15(21-11)16-10-23-7-6-19-17(23)14(22-16)8-12-4-2-3-5-13(12)18/h2-7,10H,8-9H2,1H3. The number of hydrogen-bond donors (Lipinski definition) is 0. The van der Waals surface area contributed by atoms with E-state index in [1.807, 2.05) is 29.8 Å². The molecule has 3 aromatic rings. The topological polar surface area (TPSA) is 54.9 Å². The Kier molecular flexibility index (Phi) is 3.22. The van der Waals surface area contributed by atoms with Gasteiger partial charge >= 0.3 is 0 Å². The van der Waals surface area contributed by atoms with Crippen LogP contribution >= 0.6 is 0 Å². The Hall–Kier alpha value is -2.89. The number of aliphatic imine (C=N–C) groups is 2. The maximum absolute atomic E-state index is 14.0. The van der Waals surface area contributed by atoms with Gasteiger partial charge in [0.15, 0.2) is 5.65 Å². The van der Waals surface area contributed by atoms with Gasteiger partial charge in [-0.05, 0) is 18.6 Å². The molecule has 0 unspecified atom stereocenters. The number of fused-ring (bicyclic) bond motifs is 1. The number of rotatable bonds is 3. The highest BCUT2D eigenvalue weighted by Crippen LogP contribution is 2.17. The lowest BCUT2D eigenvalue weighted by Crippen LogP contribution is -2.10. The van der Waals surface area contributed by atoms with Crippen LogP contribution in [-0.4, -0.2) is 32.5 Å². The molecule has 0 amide bonds. The van der Waals surface area contributed by atoms with Crippen LogP contribution in [0.4, 0.5) is 4.39 Å². The Bertz CT molecular complexity index is 955. The van der Waals surface area contributed by atoms with Gasteiger partial charge in [-0.15, -0.1) is 0 Å². The zero-order valence-corrected chi connectivity index (χ0v) is 12.6. The number of imidazole rings is 1. The van der Waals surface area contributed by atoms with Crippen molar-refractivity contribution < 1.29 is 4.39 Å². The second-order valence-corrected chi connectivity index (χ2v) is 5.42. The van der Waals surface area contributed by atoms with Crippen molar-refractivity contribution in [3.8, 4) is 0 Å². The van der Waals surface area contributed by atoms with Crippen LogP contribution in [0.5, 0.6) is 0 Å². The summed E-state index contributed by atoms with van der Waals surface area (Å²) < 4.78 is 15.9. The van der Waals surface area contributed by atoms with E-state index in [2.05, 4.69) is 20.0 Å². The number of amidine groups is 1. The van der Waals surface area contributed by atoms with Crippen LogP contribution in [0.15, 0.2) is 52.8 Å². The van der Waals surface area contributed by atoms with E-state index in [0.717, 1.165) is 28.6 Å². The maximum Gasteiger partial charge on any atom is 0.158 e. The minimum atomic E-state index is -0.234. The van der Waals surface area contributed by atoms with Crippen molar-refractivity contribution in [1.29, 1.82) is 0 Å². The molecule has 0 aliphatic carbocycles. The summed E-state index contributed by atoms with van der Waals surface area (Å²) in [6, 6.07) is 6.73. The second-order valence-electron chi connectivity index (χ2n) is 5.42. The third kappa shape index (κ3) is 2.52. The smallest absolute Gasteiger partial charge is 0.158 e. The van der Waals surface area contributed by atoms with Crippen molar-refractivity contribution in [2.45, 2.75) is 13.3 Å². The Morgan fingerprint density at radius 1 is 1.26 bits per heavy atom. The van der Waals surface area contributed by atoms with Crippen LogP contribution in [0.2, 0.25) is 0 Å². The molecule has 114 valence electrons. The molecular weight excluding hydrogens is 293 g/mol. The lowest BCUT2D eigenvalue weighted by atomic mass is 10.1. The number of benzene rings is 1. The molecule has 0 N–H and O–H groups in total. The Labute approximate surface area is 132 Å². The zero-order valence-electron chi connectivity index (χ0n) is 12.6. The van der Waals surface area contributed by atoms with Crippen molar-refractivity contribution >= 4 is 17.2 Å².